The normalized spacial score (nSPS) is 11.0. The smallest absolute Gasteiger partial charge is 0.412 e. The van der Waals surface area contributed by atoms with E-state index >= 15 is 0 Å². The summed E-state index contributed by atoms with van der Waals surface area (Å²) in [4.78, 5) is 21.4. The topological polar surface area (TPSA) is 69.0 Å². The molecule has 0 atom stereocenters. The van der Waals surface area contributed by atoms with E-state index < -0.39 is 6.09 Å². The number of aryl methyl sites for hydroxylation is 3. The van der Waals surface area contributed by atoms with Crippen molar-refractivity contribution in [3.05, 3.63) is 65.6 Å². The summed E-state index contributed by atoms with van der Waals surface area (Å²) in [5, 5.41) is 4.44. The number of thiazole rings is 1. The van der Waals surface area contributed by atoms with E-state index in [1.807, 2.05) is 43.6 Å². The summed E-state index contributed by atoms with van der Waals surface area (Å²) in [6.45, 7) is 7.15. The number of ether oxygens (including phenoxy) is 1. The quantitative estimate of drug-likeness (QED) is 0.428. The van der Waals surface area contributed by atoms with Gasteiger partial charge in [0.1, 0.15) is 16.6 Å². The molecule has 2 heterocycles. The Balaban J connectivity index is 1.42. The van der Waals surface area contributed by atoms with E-state index in [-0.39, 0.29) is 6.61 Å². The minimum Gasteiger partial charge on any atom is -0.444 e. The van der Waals surface area contributed by atoms with Crippen LogP contribution < -0.4 is 5.32 Å². The van der Waals surface area contributed by atoms with E-state index in [1.165, 1.54) is 16.9 Å². The summed E-state index contributed by atoms with van der Waals surface area (Å²) in [5.41, 5.74) is 6.00. The third kappa shape index (κ3) is 4.07. The van der Waals surface area contributed by atoms with Gasteiger partial charge in [-0.3, -0.25) is 5.32 Å². The number of hydrogen-bond donors (Lipinski definition) is 1. The molecule has 0 radical (unpaired) electrons. The molecule has 0 aliphatic rings. The molecule has 0 fully saturated rings. The molecule has 4 aromatic rings. The van der Waals surface area contributed by atoms with Crippen LogP contribution >= 0.6 is 11.3 Å². The van der Waals surface area contributed by atoms with Gasteiger partial charge in [-0.05, 0) is 43.5 Å². The summed E-state index contributed by atoms with van der Waals surface area (Å²) in [6.07, 6.45) is 2.26. The molecular weight excluding hydrogens is 396 g/mol. The summed E-state index contributed by atoms with van der Waals surface area (Å²) >= 11 is 1.46. The van der Waals surface area contributed by atoms with Gasteiger partial charge in [-0.2, -0.15) is 0 Å². The van der Waals surface area contributed by atoms with Crippen molar-refractivity contribution >= 4 is 33.5 Å². The number of nitrogens with zero attached hydrogens (tertiary/aromatic N) is 3. The standard InChI is InChI=1S/C23H24N4O2S/c1-4-17-8-6-7-9-18(17)22-25-15(3)21(30-22)26-23(28)29-13-16-10-11-20-19(12-16)24-14-27(20)5-2/h6-12,14H,4-5,13H2,1-3H3,(H,26,28). The lowest BCUT2D eigenvalue weighted by molar-refractivity contribution is 0.155. The lowest BCUT2D eigenvalue weighted by atomic mass is 10.1. The van der Waals surface area contributed by atoms with Gasteiger partial charge in [0.15, 0.2) is 0 Å². The molecule has 0 spiro atoms. The molecule has 0 saturated heterocycles. The Morgan fingerprint density at radius 1 is 1.20 bits per heavy atom. The van der Waals surface area contributed by atoms with Gasteiger partial charge in [-0.15, -0.1) is 0 Å². The van der Waals surface area contributed by atoms with Crippen LogP contribution in [0.1, 0.15) is 30.7 Å². The van der Waals surface area contributed by atoms with Crippen LogP contribution in [0.25, 0.3) is 21.6 Å². The fraction of sp³-hybridized carbons (Fsp3) is 0.261. The molecule has 0 unspecified atom stereocenters. The van der Waals surface area contributed by atoms with Gasteiger partial charge in [0.2, 0.25) is 0 Å². The molecule has 4 rings (SSSR count). The number of nitrogens with one attached hydrogen (secondary N) is 1. The third-order valence-corrected chi connectivity index (χ3v) is 6.14. The van der Waals surface area contributed by atoms with Gasteiger partial charge in [0.05, 0.1) is 23.1 Å². The molecular formula is C23H24N4O2S. The molecule has 7 heteroatoms. The molecule has 2 aromatic carbocycles. The molecule has 6 nitrogen and oxygen atoms in total. The summed E-state index contributed by atoms with van der Waals surface area (Å²) < 4.78 is 7.50. The van der Waals surface area contributed by atoms with Crippen LogP contribution in [0.3, 0.4) is 0 Å². The number of fused-ring (bicyclic) bond motifs is 1. The number of imidazole rings is 1. The van der Waals surface area contributed by atoms with Gasteiger partial charge >= 0.3 is 6.09 Å². The maximum atomic E-state index is 12.3. The first-order valence-electron chi connectivity index (χ1n) is 10.0. The second-order valence-electron chi connectivity index (χ2n) is 7.00. The Labute approximate surface area is 179 Å². The van der Waals surface area contributed by atoms with Crippen molar-refractivity contribution < 1.29 is 9.53 Å². The van der Waals surface area contributed by atoms with Crippen LogP contribution in [0.2, 0.25) is 0 Å². The van der Waals surface area contributed by atoms with Crippen LogP contribution in [-0.4, -0.2) is 20.6 Å². The molecule has 154 valence electrons. The van der Waals surface area contributed by atoms with Gasteiger partial charge in [-0.25, -0.2) is 14.8 Å². The van der Waals surface area contributed by atoms with Crippen molar-refractivity contribution in [1.29, 1.82) is 0 Å². The molecule has 1 amide bonds. The third-order valence-electron chi connectivity index (χ3n) is 5.04. The second kappa shape index (κ2) is 8.67. The van der Waals surface area contributed by atoms with Gasteiger partial charge in [0.25, 0.3) is 0 Å². The summed E-state index contributed by atoms with van der Waals surface area (Å²) in [5.74, 6) is 0. The molecule has 0 aliphatic heterocycles. The maximum Gasteiger partial charge on any atom is 0.412 e. The first-order chi connectivity index (χ1) is 14.6. The van der Waals surface area contributed by atoms with Gasteiger partial charge < -0.3 is 9.30 Å². The SMILES string of the molecule is CCc1ccccc1-c1nc(C)c(NC(=O)OCc2ccc3c(c2)ncn3CC)s1. The van der Waals surface area contributed by atoms with Crippen LogP contribution in [0.4, 0.5) is 9.80 Å². The van der Waals surface area contributed by atoms with Crippen LogP contribution in [0, 0.1) is 6.92 Å². The predicted octanol–water partition coefficient (Wildman–Crippen LogP) is 5.80. The Bertz CT molecular complexity index is 1200. The minimum atomic E-state index is -0.490. The van der Waals surface area contributed by atoms with E-state index in [1.54, 1.807) is 0 Å². The lowest BCUT2D eigenvalue weighted by Gasteiger charge is -2.06. The van der Waals surface area contributed by atoms with Crippen LogP contribution in [0.15, 0.2) is 48.8 Å². The number of aromatic nitrogens is 3. The van der Waals surface area contributed by atoms with E-state index in [0.29, 0.717) is 5.00 Å². The average molecular weight is 421 g/mol. The Morgan fingerprint density at radius 2 is 2.03 bits per heavy atom. The predicted molar refractivity (Wildman–Crippen MR) is 121 cm³/mol. The number of anilines is 1. The van der Waals surface area contributed by atoms with E-state index in [4.69, 9.17) is 4.74 Å². The van der Waals surface area contributed by atoms with Crippen molar-refractivity contribution in [1.82, 2.24) is 14.5 Å². The zero-order valence-corrected chi connectivity index (χ0v) is 18.1. The van der Waals surface area contributed by atoms with E-state index in [2.05, 4.69) is 45.8 Å². The fourth-order valence-corrected chi connectivity index (χ4v) is 4.41. The number of carbonyl (C=O) groups excluding carboxylic acids is 1. The van der Waals surface area contributed by atoms with Gasteiger partial charge in [0, 0.05) is 12.1 Å². The van der Waals surface area contributed by atoms with Crippen molar-refractivity contribution in [2.24, 2.45) is 0 Å². The lowest BCUT2D eigenvalue weighted by Crippen LogP contribution is -2.13. The average Bonchev–Trinajstić information content (AvgIpc) is 3.34. The largest absolute Gasteiger partial charge is 0.444 e. The molecule has 1 N–H and O–H groups in total. The number of benzene rings is 2. The molecule has 0 aliphatic carbocycles. The Morgan fingerprint density at radius 3 is 2.83 bits per heavy atom. The van der Waals surface area contributed by atoms with Crippen molar-refractivity contribution in [3.63, 3.8) is 0 Å². The second-order valence-corrected chi connectivity index (χ2v) is 8.00. The number of rotatable bonds is 6. The molecule has 0 bridgehead atoms. The number of amides is 1. The zero-order chi connectivity index (χ0) is 21.1. The van der Waals surface area contributed by atoms with Crippen molar-refractivity contribution in [2.75, 3.05) is 5.32 Å². The van der Waals surface area contributed by atoms with Gasteiger partial charge in [-0.1, -0.05) is 48.6 Å². The van der Waals surface area contributed by atoms with Crippen LogP contribution in [0.5, 0.6) is 0 Å². The van der Waals surface area contributed by atoms with Crippen molar-refractivity contribution in [2.45, 2.75) is 40.3 Å². The monoisotopic (exact) mass is 420 g/mol. The summed E-state index contributed by atoms with van der Waals surface area (Å²) in [7, 11) is 0. The number of carbonyl (C=O) groups is 1. The maximum absolute atomic E-state index is 12.3. The fourth-order valence-electron chi connectivity index (χ4n) is 3.39. The first-order valence-corrected chi connectivity index (χ1v) is 10.8. The number of hydrogen-bond acceptors (Lipinski definition) is 5. The van der Waals surface area contributed by atoms with Crippen molar-refractivity contribution in [3.8, 4) is 10.6 Å². The highest BCUT2D eigenvalue weighted by atomic mass is 32.1. The first kappa shape index (κ1) is 20.1. The Hall–Kier alpha value is -3.19. The molecule has 2 aromatic heterocycles. The highest BCUT2D eigenvalue weighted by molar-refractivity contribution is 7.19. The Kier molecular flexibility index (Phi) is 5.81. The van der Waals surface area contributed by atoms with E-state index in [9.17, 15) is 4.79 Å². The zero-order valence-electron chi connectivity index (χ0n) is 17.3. The minimum absolute atomic E-state index is 0.185. The van der Waals surface area contributed by atoms with E-state index in [0.717, 1.165) is 45.8 Å². The summed E-state index contributed by atoms with van der Waals surface area (Å²) in [6, 6.07) is 14.1. The molecule has 30 heavy (non-hydrogen) atoms. The highest BCUT2D eigenvalue weighted by Crippen LogP contribution is 2.34. The van der Waals surface area contributed by atoms with Crippen LogP contribution in [-0.2, 0) is 24.3 Å². The molecule has 0 saturated carbocycles. The highest BCUT2D eigenvalue weighted by Gasteiger charge is 2.15.